The number of aromatic nitrogens is 1. The van der Waals surface area contributed by atoms with Gasteiger partial charge in [0.2, 0.25) is 0 Å². The number of nitrogens with zero attached hydrogens (tertiary/aromatic N) is 1. The lowest BCUT2D eigenvalue weighted by atomic mass is 10.0. The SMILES string of the molecule is COc1cc(OC)c2c(C(=O)O)cc(-c3ccc(Cl)cc3)nc2c1. The molecule has 0 bridgehead atoms. The Balaban J connectivity index is 2.34. The van der Waals surface area contributed by atoms with Crippen LogP contribution in [0.2, 0.25) is 5.02 Å². The first-order valence-electron chi connectivity index (χ1n) is 7.09. The van der Waals surface area contributed by atoms with Gasteiger partial charge in [-0.2, -0.15) is 0 Å². The number of ether oxygens (including phenoxy) is 2. The Bertz CT molecular complexity index is 922. The van der Waals surface area contributed by atoms with Gasteiger partial charge in [0.25, 0.3) is 0 Å². The van der Waals surface area contributed by atoms with Gasteiger partial charge in [-0.05, 0) is 18.2 Å². The molecule has 0 atom stereocenters. The third kappa shape index (κ3) is 2.86. The topological polar surface area (TPSA) is 68.7 Å². The van der Waals surface area contributed by atoms with Gasteiger partial charge < -0.3 is 14.6 Å². The van der Waals surface area contributed by atoms with Crippen molar-refractivity contribution in [2.45, 2.75) is 0 Å². The average molecular weight is 344 g/mol. The molecule has 0 radical (unpaired) electrons. The Labute approximate surface area is 143 Å². The van der Waals surface area contributed by atoms with E-state index in [0.717, 1.165) is 5.56 Å². The maximum absolute atomic E-state index is 11.7. The Hall–Kier alpha value is -2.79. The van der Waals surface area contributed by atoms with Crippen molar-refractivity contribution >= 4 is 28.5 Å². The third-order valence-electron chi connectivity index (χ3n) is 3.67. The molecule has 0 aliphatic rings. The number of aromatic carboxylic acids is 1. The number of hydrogen-bond donors (Lipinski definition) is 1. The second-order valence-corrected chi connectivity index (χ2v) is 5.53. The van der Waals surface area contributed by atoms with Gasteiger partial charge in [0.05, 0.1) is 36.4 Å². The monoisotopic (exact) mass is 343 g/mol. The molecule has 0 saturated heterocycles. The second kappa shape index (κ2) is 6.37. The normalized spacial score (nSPS) is 10.6. The number of carboxylic acids is 1. The highest BCUT2D eigenvalue weighted by Crippen LogP contribution is 2.35. The number of rotatable bonds is 4. The van der Waals surface area contributed by atoms with E-state index in [1.165, 1.54) is 20.3 Å². The molecule has 1 heterocycles. The number of fused-ring (bicyclic) bond motifs is 1. The summed E-state index contributed by atoms with van der Waals surface area (Å²) in [4.78, 5) is 16.3. The minimum absolute atomic E-state index is 0.115. The van der Waals surface area contributed by atoms with E-state index in [-0.39, 0.29) is 5.56 Å². The summed E-state index contributed by atoms with van der Waals surface area (Å²) in [6, 6.07) is 11.9. The van der Waals surface area contributed by atoms with Gasteiger partial charge in [-0.3, -0.25) is 0 Å². The first kappa shape index (κ1) is 16.1. The van der Waals surface area contributed by atoms with Gasteiger partial charge in [-0.1, -0.05) is 23.7 Å². The first-order chi connectivity index (χ1) is 11.5. The summed E-state index contributed by atoms with van der Waals surface area (Å²) in [7, 11) is 3.01. The van der Waals surface area contributed by atoms with Crippen LogP contribution < -0.4 is 9.47 Å². The lowest BCUT2D eigenvalue weighted by molar-refractivity contribution is 0.0698. The zero-order valence-electron chi connectivity index (χ0n) is 13.0. The summed E-state index contributed by atoms with van der Waals surface area (Å²) in [6.45, 7) is 0. The molecular weight excluding hydrogens is 330 g/mol. The highest BCUT2D eigenvalue weighted by molar-refractivity contribution is 6.30. The van der Waals surface area contributed by atoms with Crippen molar-refractivity contribution in [2.75, 3.05) is 14.2 Å². The van der Waals surface area contributed by atoms with Crippen LogP contribution in [0, 0.1) is 0 Å². The summed E-state index contributed by atoms with van der Waals surface area (Å²) in [5.74, 6) is -0.116. The molecule has 5 nitrogen and oxygen atoms in total. The smallest absolute Gasteiger partial charge is 0.336 e. The molecule has 0 spiro atoms. The summed E-state index contributed by atoms with van der Waals surface area (Å²) in [5.41, 5.74) is 1.90. The standard InChI is InChI=1S/C18H14ClNO4/c1-23-12-7-15-17(16(8-12)24-2)13(18(21)22)9-14(20-15)10-3-5-11(19)6-4-10/h3-9H,1-2H3,(H,21,22). The fourth-order valence-electron chi connectivity index (χ4n) is 2.52. The van der Waals surface area contributed by atoms with E-state index in [0.29, 0.717) is 33.1 Å². The lowest BCUT2D eigenvalue weighted by Crippen LogP contribution is -2.02. The molecule has 6 heteroatoms. The molecule has 0 fully saturated rings. The molecule has 0 saturated carbocycles. The van der Waals surface area contributed by atoms with E-state index in [1.807, 2.05) is 0 Å². The number of benzene rings is 2. The predicted molar refractivity (Wildman–Crippen MR) is 92.3 cm³/mol. The van der Waals surface area contributed by atoms with E-state index in [1.54, 1.807) is 36.4 Å². The molecule has 3 aromatic rings. The molecule has 0 aliphatic carbocycles. The van der Waals surface area contributed by atoms with Crippen LogP contribution in [0.15, 0.2) is 42.5 Å². The van der Waals surface area contributed by atoms with Gasteiger partial charge in [-0.15, -0.1) is 0 Å². The van der Waals surface area contributed by atoms with Crippen LogP contribution in [0.1, 0.15) is 10.4 Å². The van der Waals surface area contributed by atoms with Crippen LogP contribution in [-0.2, 0) is 0 Å². The van der Waals surface area contributed by atoms with Crippen molar-refractivity contribution in [3.8, 4) is 22.8 Å². The van der Waals surface area contributed by atoms with Crippen LogP contribution in [0.5, 0.6) is 11.5 Å². The number of hydrogen-bond acceptors (Lipinski definition) is 4. The van der Waals surface area contributed by atoms with E-state index < -0.39 is 5.97 Å². The zero-order valence-corrected chi connectivity index (χ0v) is 13.8. The highest BCUT2D eigenvalue weighted by Gasteiger charge is 2.18. The number of halogens is 1. The van der Waals surface area contributed by atoms with Crippen LogP contribution in [0.3, 0.4) is 0 Å². The minimum atomic E-state index is -1.05. The Morgan fingerprint density at radius 1 is 1.08 bits per heavy atom. The molecular formula is C18H14ClNO4. The average Bonchev–Trinajstić information content (AvgIpc) is 2.60. The van der Waals surface area contributed by atoms with Crippen molar-refractivity contribution in [1.29, 1.82) is 0 Å². The quantitative estimate of drug-likeness (QED) is 0.766. The maximum atomic E-state index is 11.7. The van der Waals surface area contributed by atoms with E-state index in [9.17, 15) is 9.90 Å². The third-order valence-corrected chi connectivity index (χ3v) is 3.92. The Morgan fingerprint density at radius 2 is 1.79 bits per heavy atom. The van der Waals surface area contributed by atoms with E-state index in [2.05, 4.69) is 4.98 Å². The molecule has 1 aromatic heterocycles. The summed E-state index contributed by atoms with van der Waals surface area (Å²) < 4.78 is 10.6. The highest BCUT2D eigenvalue weighted by atomic mass is 35.5. The first-order valence-corrected chi connectivity index (χ1v) is 7.47. The lowest BCUT2D eigenvalue weighted by Gasteiger charge is -2.12. The van der Waals surface area contributed by atoms with E-state index in [4.69, 9.17) is 21.1 Å². The van der Waals surface area contributed by atoms with Crippen molar-refractivity contribution < 1.29 is 19.4 Å². The second-order valence-electron chi connectivity index (χ2n) is 5.09. The minimum Gasteiger partial charge on any atom is -0.497 e. The van der Waals surface area contributed by atoms with Crippen molar-refractivity contribution in [2.24, 2.45) is 0 Å². The van der Waals surface area contributed by atoms with Crippen molar-refractivity contribution in [1.82, 2.24) is 4.98 Å². The number of pyridine rings is 1. The van der Waals surface area contributed by atoms with Crippen LogP contribution in [-0.4, -0.2) is 30.3 Å². The fraction of sp³-hybridized carbons (Fsp3) is 0.111. The Kier molecular flexibility index (Phi) is 4.27. The molecule has 3 rings (SSSR count). The van der Waals surface area contributed by atoms with Crippen molar-refractivity contribution in [3.63, 3.8) is 0 Å². The summed E-state index contributed by atoms with van der Waals surface area (Å²) in [6.07, 6.45) is 0. The van der Waals surface area contributed by atoms with Gasteiger partial charge in [0.15, 0.2) is 0 Å². The number of methoxy groups -OCH3 is 2. The molecule has 2 aromatic carbocycles. The summed E-state index contributed by atoms with van der Waals surface area (Å²) in [5, 5.41) is 10.6. The molecule has 1 N–H and O–H groups in total. The van der Waals surface area contributed by atoms with Gasteiger partial charge in [-0.25, -0.2) is 9.78 Å². The number of carboxylic acid groups (broad SMARTS) is 1. The number of carbonyl (C=O) groups is 1. The van der Waals surface area contributed by atoms with Gasteiger partial charge in [0, 0.05) is 22.7 Å². The maximum Gasteiger partial charge on any atom is 0.336 e. The molecule has 0 unspecified atom stereocenters. The molecule has 122 valence electrons. The molecule has 0 aliphatic heterocycles. The Morgan fingerprint density at radius 3 is 2.38 bits per heavy atom. The van der Waals surface area contributed by atoms with Crippen LogP contribution in [0.25, 0.3) is 22.2 Å². The predicted octanol–water partition coefficient (Wildman–Crippen LogP) is 4.27. The van der Waals surface area contributed by atoms with Crippen LogP contribution >= 0.6 is 11.6 Å². The van der Waals surface area contributed by atoms with Crippen LogP contribution in [0.4, 0.5) is 0 Å². The molecule has 0 amide bonds. The summed E-state index contributed by atoms with van der Waals surface area (Å²) >= 11 is 5.91. The zero-order chi connectivity index (χ0) is 17.3. The van der Waals surface area contributed by atoms with Gasteiger partial charge in [0.1, 0.15) is 11.5 Å². The van der Waals surface area contributed by atoms with E-state index >= 15 is 0 Å². The largest absolute Gasteiger partial charge is 0.497 e. The fourth-order valence-corrected chi connectivity index (χ4v) is 2.65. The molecule has 24 heavy (non-hydrogen) atoms. The van der Waals surface area contributed by atoms with Gasteiger partial charge >= 0.3 is 5.97 Å². The van der Waals surface area contributed by atoms with Crippen molar-refractivity contribution in [3.05, 3.63) is 53.1 Å².